The number of benzene rings is 1. The van der Waals surface area contributed by atoms with Crippen molar-refractivity contribution in [2.24, 2.45) is 5.92 Å². The van der Waals surface area contributed by atoms with Crippen LogP contribution in [0, 0.1) is 12.8 Å². The number of para-hydroxylation sites is 1. The van der Waals surface area contributed by atoms with Crippen LogP contribution in [0.5, 0.6) is 0 Å². The number of carbonyl (C=O) groups excluding carboxylic acids is 1. The highest BCUT2D eigenvalue weighted by Gasteiger charge is 2.25. The van der Waals surface area contributed by atoms with Crippen LogP contribution in [0.15, 0.2) is 24.4 Å². The van der Waals surface area contributed by atoms with Gasteiger partial charge < -0.3 is 15.4 Å². The van der Waals surface area contributed by atoms with Crippen LogP contribution in [0.1, 0.15) is 30.4 Å². The van der Waals surface area contributed by atoms with E-state index >= 15 is 0 Å². The Hall–Kier alpha value is -1.81. The van der Waals surface area contributed by atoms with Gasteiger partial charge >= 0.3 is 0 Å². The molecule has 21 heavy (non-hydrogen) atoms. The number of carbonyl (C=O) groups is 1. The first-order valence-corrected chi connectivity index (χ1v) is 7.65. The first-order valence-electron chi connectivity index (χ1n) is 7.65. The molecule has 3 N–H and O–H groups in total. The number of amides is 1. The lowest BCUT2D eigenvalue weighted by atomic mass is 10.1. The van der Waals surface area contributed by atoms with Crippen molar-refractivity contribution in [3.8, 4) is 0 Å². The van der Waals surface area contributed by atoms with Crippen molar-refractivity contribution in [2.45, 2.75) is 38.7 Å². The zero-order chi connectivity index (χ0) is 14.8. The summed E-state index contributed by atoms with van der Waals surface area (Å²) in [4.78, 5) is 15.3. The Morgan fingerprint density at radius 2 is 2.29 bits per heavy atom. The highest BCUT2D eigenvalue weighted by atomic mass is 16.3. The molecule has 4 nitrogen and oxygen atoms in total. The van der Waals surface area contributed by atoms with Crippen molar-refractivity contribution < 1.29 is 9.90 Å². The third-order valence-corrected chi connectivity index (χ3v) is 4.54. The average Bonchev–Trinajstić information content (AvgIpc) is 3.05. The van der Waals surface area contributed by atoms with E-state index in [1.807, 2.05) is 18.3 Å². The number of fused-ring (bicyclic) bond motifs is 1. The molecule has 1 amide bonds. The van der Waals surface area contributed by atoms with Gasteiger partial charge in [0.1, 0.15) is 0 Å². The molecule has 1 aromatic carbocycles. The van der Waals surface area contributed by atoms with Crippen LogP contribution in [-0.4, -0.2) is 28.6 Å². The minimum atomic E-state index is -0.249. The standard InChI is InChI=1S/C17H22N2O2/c1-11-4-2-6-14-13(10-19-17(11)14)8-16(21)18-9-12-5-3-7-15(12)20/h2,4,6,10,12,15,19-20H,3,5,7-9H2,1H3,(H,18,21)/t12-,15+/m0/s1. The zero-order valence-corrected chi connectivity index (χ0v) is 12.4. The molecule has 1 aliphatic carbocycles. The molecule has 0 radical (unpaired) electrons. The van der Waals surface area contributed by atoms with E-state index in [-0.39, 0.29) is 17.9 Å². The molecule has 0 aliphatic heterocycles. The highest BCUT2D eigenvalue weighted by Crippen LogP contribution is 2.25. The fourth-order valence-corrected chi connectivity index (χ4v) is 3.25. The summed E-state index contributed by atoms with van der Waals surface area (Å²) < 4.78 is 0. The maximum atomic E-state index is 12.1. The smallest absolute Gasteiger partial charge is 0.224 e. The first kappa shape index (κ1) is 14.1. The maximum absolute atomic E-state index is 12.1. The Kier molecular flexibility index (Phi) is 3.97. The number of H-pyrrole nitrogens is 1. The lowest BCUT2D eigenvalue weighted by molar-refractivity contribution is -0.120. The fraction of sp³-hybridized carbons (Fsp3) is 0.471. The molecular formula is C17H22N2O2. The predicted molar refractivity (Wildman–Crippen MR) is 83.1 cm³/mol. The molecule has 0 spiro atoms. The third kappa shape index (κ3) is 2.95. The van der Waals surface area contributed by atoms with Gasteiger partial charge in [-0.2, -0.15) is 0 Å². The largest absolute Gasteiger partial charge is 0.393 e. The zero-order valence-electron chi connectivity index (χ0n) is 12.4. The summed E-state index contributed by atoms with van der Waals surface area (Å²) in [6, 6.07) is 6.12. The molecule has 3 rings (SSSR count). The third-order valence-electron chi connectivity index (χ3n) is 4.54. The number of rotatable bonds is 4. The van der Waals surface area contributed by atoms with Crippen LogP contribution in [-0.2, 0) is 11.2 Å². The van der Waals surface area contributed by atoms with Crippen molar-refractivity contribution in [3.05, 3.63) is 35.5 Å². The van der Waals surface area contributed by atoms with E-state index in [1.165, 1.54) is 5.56 Å². The van der Waals surface area contributed by atoms with Gasteiger partial charge in [-0.25, -0.2) is 0 Å². The van der Waals surface area contributed by atoms with Crippen LogP contribution in [0.3, 0.4) is 0 Å². The fourth-order valence-electron chi connectivity index (χ4n) is 3.25. The van der Waals surface area contributed by atoms with E-state index in [0.29, 0.717) is 13.0 Å². The second-order valence-corrected chi connectivity index (χ2v) is 6.05. The van der Waals surface area contributed by atoms with Crippen LogP contribution >= 0.6 is 0 Å². The van der Waals surface area contributed by atoms with Crippen LogP contribution < -0.4 is 5.32 Å². The van der Waals surface area contributed by atoms with E-state index < -0.39 is 0 Å². The van der Waals surface area contributed by atoms with Gasteiger partial charge in [0.2, 0.25) is 5.91 Å². The van der Waals surface area contributed by atoms with Gasteiger partial charge in [-0.15, -0.1) is 0 Å². The van der Waals surface area contributed by atoms with E-state index in [1.54, 1.807) is 0 Å². The topological polar surface area (TPSA) is 65.1 Å². The SMILES string of the molecule is Cc1cccc2c(CC(=O)NC[C@@H]3CCC[C@H]3O)c[nH]c12. The molecule has 4 heteroatoms. The monoisotopic (exact) mass is 286 g/mol. The number of aliphatic hydroxyl groups excluding tert-OH is 1. The molecular weight excluding hydrogens is 264 g/mol. The number of hydrogen-bond donors (Lipinski definition) is 3. The molecule has 0 bridgehead atoms. The molecule has 2 aromatic rings. The van der Waals surface area contributed by atoms with E-state index in [9.17, 15) is 9.90 Å². The van der Waals surface area contributed by atoms with Crippen LogP contribution in [0.4, 0.5) is 0 Å². The van der Waals surface area contributed by atoms with E-state index in [0.717, 1.165) is 35.7 Å². The predicted octanol–water partition coefficient (Wildman–Crippen LogP) is 2.30. The summed E-state index contributed by atoms with van der Waals surface area (Å²) >= 11 is 0. The van der Waals surface area contributed by atoms with Gasteiger partial charge in [0.05, 0.1) is 12.5 Å². The molecule has 2 atom stereocenters. The first-order chi connectivity index (χ1) is 10.1. The van der Waals surface area contributed by atoms with Crippen LogP contribution in [0.2, 0.25) is 0 Å². The number of hydrogen-bond acceptors (Lipinski definition) is 2. The highest BCUT2D eigenvalue weighted by molar-refractivity contribution is 5.90. The summed E-state index contributed by atoms with van der Waals surface area (Å²) in [5, 5.41) is 13.9. The van der Waals surface area contributed by atoms with Gasteiger partial charge in [0.25, 0.3) is 0 Å². The summed E-state index contributed by atoms with van der Waals surface area (Å²) in [5.41, 5.74) is 3.32. The van der Waals surface area contributed by atoms with Gasteiger partial charge in [0.15, 0.2) is 0 Å². The maximum Gasteiger partial charge on any atom is 0.224 e. The molecule has 1 fully saturated rings. The molecule has 1 aliphatic rings. The molecule has 1 aromatic heterocycles. The lowest BCUT2D eigenvalue weighted by Gasteiger charge is -2.14. The second-order valence-electron chi connectivity index (χ2n) is 6.05. The lowest BCUT2D eigenvalue weighted by Crippen LogP contribution is -2.33. The van der Waals surface area contributed by atoms with E-state index in [2.05, 4.69) is 23.3 Å². The molecule has 112 valence electrons. The van der Waals surface area contributed by atoms with Gasteiger partial charge in [-0.1, -0.05) is 24.6 Å². The average molecular weight is 286 g/mol. The van der Waals surface area contributed by atoms with E-state index in [4.69, 9.17) is 0 Å². The van der Waals surface area contributed by atoms with Crippen molar-refractivity contribution in [3.63, 3.8) is 0 Å². The number of nitrogens with one attached hydrogen (secondary N) is 2. The minimum absolute atomic E-state index is 0.0245. The molecule has 1 saturated carbocycles. The number of aliphatic hydroxyl groups is 1. The minimum Gasteiger partial charge on any atom is -0.393 e. The number of aryl methyl sites for hydroxylation is 1. The van der Waals surface area contributed by atoms with Crippen molar-refractivity contribution in [1.29, 1.82) is 0 Å². The van der Waals surface area contributed by atoms with Crippen molar-refractivity contribution in [1.82, 2.24) is 10.3 Å². The van der Waals surface area contributed by atoms with Crippen molar-refractivity contribution in [2.75, 3.05) is 6.54 Å². The Morgan fingerprint density at radius 3 is 3.05 bits per heavy atom. The molecule has 0 unspecified atom stereocenters. The second kappa shape index (κ2) is 5.90. The summed E-state index contributed by atoms with van der Waals surface area (Å²) in [6.45, 7) is 2.64. The Balaban J connectivity index is 1.62. The van der Waals surface area contributed by atoms with Gasteiger partial charge in [-0.3, -0.25) is 4.79 Å². The summed E-state index contributed by atoms with van der Waals surface area (Å²) in [6.07, 6.45) is 4.98. The van der Waals surface area contributed by atoms with Gasteiger partial charge in [0, 0.05) is 29.6 Å². The quantitative estimate of drug-likeness (QED) is 0.807. The molecule has 0 saturated heterocycles. The number of aromatic nitrogens is 1. The van der Waals surface area contributed by atoms with Crippen molar-refractivity contribution >= 4 is 16.8 Å². The Bertz CT molecular complexity index is 647. The Labute approximate surface area is 124 Å². The van der Waals surface area contributed by atoms with Gasteiger partial charge in [-0.05, 0) is 30.9 Å². The number of aromatic amines is 1. The van der Waals surface area contributed by atoms with Crippen LogP contribution in [0.25, 0.3) is 10.9 Å². The Morgan fingerprint density at radius 1 is 1.43 bits per heavy atom. The molecule has 1 heterocycles. The summed E-state index contributed by atoms with van der Waals surface area (Å²) in [7, 11) is 0. The normalized spacial score (nSPS) is 21.8. The summed E-state index contributed by atoms with van der Waals surface area (Å²) in [5.74, 6) is 0.246.